The second kappa shape index (κ2) is 7.75. The lowest BCUT2D eigenvalue weighted by Crippen LogP contribution is -2.10. The molecule has 0 amide bonds. The van der Waals surface area contributed by atoms with Crippen LogP contribution in [0.1, 0.15) is 6.92 Å². The fraction of sp³-hybridized carbons (Fsp3) is 0.143. The van der Waals surface area contributed by atoms with Gasteiger partial charge in [-0.05, 0) is 43.4 Å². The number of carbonyl (C=O) groups excluding carboxylic acids is 1. The molecule has 118 valence electrons. The zero-order valence-corrected chi connectivity index (χ0v) is 15.2. The summed E-state index contributed by atoms with van der Waals surface area (Å²) < 4.78 is 2.82. The predicted octanol–water partition coefficient (Wildman–Crippen LogP) is 3.73. The Bertz CT molecular complexity index is 857. The molecule has 23 heavy (non-hydrogen) atoms. The van der Waals surface area contributed by atoms with Crippen molar-refractivity contribution in [1.82, 2.24) is 9.78 Å². The molecule has 2 N–H and O–H groups in total. The van der Waals surface area contributed by atoms with Gasteiger partial charge in [-0.25, -0.2) is 4.68 Å². The lowest BCUT2D eigenvalue weighted by molar-refractivity contribution is -0.112. The minimum absolute atomic E-state index is 0.0155. The molecular formula is C14H11ClN4OS3. The minimum Gasteiger partial charge on any atom is -0.401 e. The highest BCUT2D eigenvalue weighted by Gasteiger charge is 2.14. The number of allylic oxidation sites excluding steroid dienone is 2. The zero-order chi connectivity index (χ0) is 17.0. The number of nitrogens with zero attached hydrogens (tertiary/aromatic N) is 3. The molecule has 2 aromatic rings. The molecule has 0 unspecified atom stereocenters. The molecule has 0 bridgehead atoms. The fourth-order valence-electron chi connectivity index (χ4n) is 1.63. The summed E-state index contributed by atoms with van der Waals surface area (Å²) in [7, 11) is 0. The van der Waals surface area contributed by atoms with Crippen LogP contribution in [0.25, 0.3) is 5.69 Å². The number of benzene rings is 1. The third-order valence-corrected chi connectivity index (χ3v) is 5.33. The second-order valence-corrected chi connectivity index (χ2v) is 7.69. The number of nitriles is 1. The van der Waals surface area contributed by atoms with Crippen molar-refractivity contribution in [3.8, 4) is 11.8 Å². The largest absolute Gasteiger partial charge is 0.401 e. The Kier molecular flexibility index (Phi) is 5.96. The van der Waals surface area contributed by atoms with E-state index in [-0.39, 0.29) is 22.8 Å². The number of rotatable bonds is 5. The van der Waals surface area contributed by atoms with Gasteiger partial charge < -0.3 is 5.73 Å². The smallest absolute Gasteiger partial charge is 0.185 e. The number of hydrogen-bond acceptors (Lipinski definition) is 7. The molecule has 2 rings (SSSR count). The average Bonchev–Trinajstić information content (AvgIpc) is 2.87. The molecule has 0 fully saturated rings. The molecule has 0 spiro atoms. The molecule has 1 heterocycles. The molecule has 1 aromatic heterocycles. The van der Waals surface area contributed by atoms with Gasteiger partial charge >= 0.3 is 0 Å². The maximum atomic E-state index is 11.9. The van der Waals surface area contributed by atoms with Crippen molar-refractivity contribution in [2.45, 2.75) is 11.3 Å². The molecule has 0 atom stereocenters. The second-order valence-electron chi connectivity index (χ2n) is 4.40. The quantitative estimate of drug-likeness (QED) is 0.367. The van der Waals surface area contributed by atoms with E-state index in [9.17, 15) is 4.79 Å². The average molecular weight is 383 g/mol. The summed E-state index contributed by atoms with van der Waals surface area (Å²) in [5.74, 6) is -0.239. The number of halogens is 1. The fourth-order valence-corrected chi connectivity index (χ4v) is 3.99. The van der Waals surface area contributed by atoms with Crippen LogP contribution in [0.2, 0.25) is 5.02 Å². The third-order valence-electron chi connectivity index (χ3n) is 2.71. The lowest BCUT2D eigenvalue weighted by Gasteiger charge is -2.00. The predicted molar refractivity (Wildman–Crippen MR) is 95.5 cm³/mol. The Morgan fingerprint density at radius 3 is 2.74 bits per heavy atom. The normalized spacial score (nSPS) is 11.7. The van der Waals surface area contributed by atoms with Gasteiger partial charge in [0.25, 0.3) is 0 Å². The maximum absolute atomic E-state index is 11.9. The van der Waals surface area contributed by atoms with Gasteiger partial charge in [-0.15, -0.1) is 5.10 Å². The SMILES string of the molecule is C/C(N)=C(/C#N)C(=O)CSc1nn(-c2ccc(Cl)cc2)c(=S)s1. The first-order valence-corrected chi connectivity index (χ1v) is 8.89. The summed E-state index contributed by atoms with van der Waals surface area (Å²) in [4.78, 5) is 11.9. The molecule has 9 heteroatoms. The van der Waals surface area contributed by atoms with Crippen LogP contribution < -0.4 is 5.73 Å². The summed E-state index contributed by atoms with van der Waals surface area (Å²) in [5.41, 5.74) is 6.52. The number of ketones is 1. The highest BCUT2D eigenvalue weighted by molar-refractivity contribution is 8.01. The van der Waals surface area contributed by atoms with Crippen molar-refractivity contribution in [2.75, 3.05) is 5.75 Å². The van der Waals surface area contributed by atoms with Crippen LogP contribution in [0.3, 0.4) is 0 Å². The van der Waals surface area contributed by atoms with Gasteiger partial charge in [0.15, 0.2) is 14.1 Å². The third kappa shape index (κ3) is 4.42. The maximum Gasteiger partial charge on any atom is 0.185 e. The number of carbonyl (C=O) groups is 1. The Balaban J connectivity index is 2.15. The topological polar surface area (TPSA) is 84.7 Å². The van der Waals surface area contributed by atoms with Crippen LogP contribution >= 0.6 is 46.9 Å². The molecule has 0 saturated carbocycles. The van der Waals surface area contributed by atoms with Crippen molar-refractivity contribution in [1.29, 1.82) is 5.26 Å². The van der Waals surface area contributed by atoms with Gasteiger partial charge in [0.2, 0.25) is 0 Å². The van der Waals surface area contributed by atoms with E-state index in [2.05, 4.69) is 5.10 Å². The standard InChI is InChI=1S/C14H11ClN4OS3/c1-8(17)11(6-16)12(20)7-22-13-18-19(14(21)23-13)10-4-2-9(15)3-5-10/h2-5H,7,17H2,1H3/b11-8+. The van der Waals surface area contributed by atoms with E-state index < -0.39 is 0 Å². The van der Waals surface area contributed by atoms with Crippen LogP contribution in [-0.2, 0) is 4.79 Å². The number of Topliss-reactive ketones (excluding diaryl/α,β-unsaturated/α-hetero) is 1. The monoisotopic (exact) mass is 382 g/mol. The van der Waals surface area contributed by atoms with Crippen molar-refractivity contribution in [2.24, 2.45) is 5.73 Å². The summed E-state index contributed by atoms with van der Waals surface area (Å²) in [6, 6.07) is 8.95. The van der Waals surface area contributed by atoms with Gasteiger partial charge in [-0.3, -0.25) is 4.79 Å². The van der Waals surface area contributed by atoms with Crippen LogP contribution in [0.15, 0.2) is 39.9 Å². The minimum atomic E-state index is -0.323. The summed E-state index contributed by atoms with van der Waals surface area (Å²) in [6.45, 7) is 1.53. The van der Waals surface area contributed by atoms with Gasteiger partial charge in [-0.1, -0.05) is 34.7 Å². The molecule has 0 aliphatic rings. The van der Waals surface area contributed by atoms with Crippen LogP contribution in [0, 0.1) is 15.3 Å². The van der Waals surface area contributed by atoms with E-state index in [1.165, 1.54) is 30.0 Å². The van der Waals surface area contributed by atoms with E-state index in [4.69, 9.17) is 34.8 Å². The molecule has 0 saturated heterocycles. The molecule has 0 aliphatic carbocycles. The van der Waals surface area contributed by atoms with Crippen molar-refractivity contribution >= 4 is 52.7 Å². The Hall–Kier alpha value is -1.66. The van der Waals surface area contributed by atoms with Crippen molar-refractivity contribution in [3.63, 3.8) is 0 Å². The number of aromatic nitrogens is 2. The van der Waals surface area contributed by atoms with Gasteiger partial charge in [0.05, 0.1) is 11.4 Å². The molecule has 0 radical (unpaired) electrons. The molecule has 5 nitrogen and oxygen atoms in total. The van der Waals surface area contributed by atoms with Crippen molar-refractivity contribution in [3.05, 3.63) is 44.5 Å². The number of thioether (sulfide) groups is 1. The van der Waals surface area contributed by atoms with E-state index in [1.54, 1.807) is 16.8 Å². The first-order valence-electron chi connectivity index (χ1n) is 6.31. The molecular weight excluding hydrogens is 372 g/mol. The first-order chi connectivity index (χ1) is 10.9. The van der Waals surface area contributed by atoms with E-state index in [0.717, 1.165) is 5.69 Å². The molecule has 1 aromatic carbocycles. The summed E-state index contributed by atoms with van der Waals surface area (Å²) in [5, 5.41) is 13.9. The van der Waals surface area contributed by atoms with Crippen LogP contribution in [-0.4, -0.2) is 21.3 Å². The number of hydrogen-bond donors (Lipinski definition) is 1. The van der Waals surface area contributed by atoms with Crippen LogP contribution in [0.4, 0.5) is 0 Å². The zero-order valence-electron chi connectivity index (χ0n) is 11.9. The van der Waals surface area contributed by atoms with E-state index in [0.29, 0.717) is 13.3 Å². The highest BCUT2D eigenvalue weighted by atomic mass is 35.5. The van der Waals surface area contributed by atoms with E-state index in [1.807, 2.05) is 18.2 Å². The van der Waals surface area contributed by atoms with Gasteiger partial charge in [0.1, 0.15) is 11.6 Å². The summed E-state index contributed by atoms with van der Waals surface area (Å²) >= 11 is 13.7. The van der Waals surface area contributed by atoms with Gasteiger partial charge in [-0.2, -0.15) is 5.26 Å². The summed E-state index contributed by atoms with van der Waals surface area (Å²) in [6.07, 6.45) is 0. The van der Waals surface area contributed by atoms with E-state index >= 15 is 0 Å². The Morgan fingerprint density at radius 2 is 2.17 bits per heavy atom. The lowest BCUT2D eigenvalue weighted by atomic mass is 10.2. The first kappa shape index (κ1) is 17.7. The van der Waals surface area contributed by atoms with Crippen LogP contribution in [0.5, 0.6) is 0 Å². The van der Waals surface area contributed by atoms with Gasteiger partial charge in [0, 0.05) is 10.7 Å². The number of nitrogens with two attached hydrogens (primary N) is 1. The highest BCUT2D eigenvalue weighted by Crippen LogP contribution is 2.25. The van der Waals surface area contributed by atoms with Crippen molar-refractivity contribution < 1.29 is 4.79 Å². The molecule has 0 aliphatic heterocycles. The Morgan fingerprint density at radius 1 is 1.52 bits per heavy atom. The Labute approximate surface area is 151 Å².